The van der Waals surface area contributed by atoms with Crippen molar-refractivity contribution in [2.45, 2.75) is 37.5 Å². The Bertz CT molecular complexity index is 319. The molecule has 1 aromatic rings. The highest BCUT2D eigenvalue weighted by atomic mass is 16.5. The molecule has 4 nitrogen and oxygen atoms in total. The zero-order valence-electron chi connectivity index (χ0n) is 10.2. The molecule has 2 aliphatic rings. The van der Waals surface area contributed by atoms with Crippen molar-refractivity contribution >= 4 is 0 Å². The van der Waals surface area contributed by atoms with Crippen molar-refractivity contribution in [3.63, 3.8) is 0 Å². The summed E-state index contributed by atoms with van der Waals surface area (Å²) in [5.41, 5.74) is 1.27. The van der Waals surface area contributed by atoms with Crippen LogP contribution in [0, 0.1) is 0 Å². The van der Waals surface area contributed by atoms with Crippen molar-refractivity contribution in [3.8, 4) is 0 Å². The number of piperidine rings is 1. The quantitative estimate of drug-likeness (QED) is 0.821. The molecule has 2 unspecified atom stereocenters. The standard InChI is InChI=1S/C13H21N3O/c1-3-10(7-14-5-1)13-15-8-12(16-13)11-4-2-6-17-9-11/h8,10-11,14H,1-7,9H2,(H,15,16). The first-order chi connectivity index (χ1) is 8.43. The lowest BCUT2D eigenvalue weighted by Gasteiger charge is -2.22. The Hall–Kier alpha value is -0.870. The average molecular weight is 235 g/mol. The number of nitrogens with one attached hydrogen (secondary N) is 2. The second kappa shape index (κ2) is 5.19. The lowest BCUT2D eigenvalue weighted by atomic mass is 9.98. The highest BCUT2D eigenvalue weighted by molar-refractivity contribution is 5.11. The second-order valence-electron chi connectivity index (χ2n) is 5.18. The van der Waals surface area contributed by atoms with Crippen molar-refractivity contribution in [1.29, 1.82) is 0 Å². The summed E-state index contributed by atoms with van der Waals surface area (Å²) in [7, 11) is 0. The molecule has 2 N–H and O–H groups in total. The van der Waals surface area contributed by atoms with E-state index in [1.54, 1.807) is 0 Å². The Morgan fingerprint density at radius 1 is 1.24 bits per heavy atom. The minimum atomic E-state index is 0.529. The van der Waals surface area contributed by atoms with Crippen LogP contribution < -0.4 is 5.32 Å². The molecular formula is C13H21N3O. The summed E-state index contributed by atoms with van der Waals surface area (Å²) in [6, 6.07) is 0. The van der Waals surface area contributed by atoms with E-state index in [1.165, 1.54) is 31.4 Å². The molecule has 0 spiro atoms. The van der Waals surface area contributed by atoms with Crippen LogP contribution in [0.4, 0.5) is 0 Å². The minimum Gasteiger partial charge on any atom is -0.381 e. The first kappa shape index (κ1) is 11.2. The lowest BCUT2D eigenvalue weighted by molar-refractivity contribution is 0.0794. The van der Waals surface area contributed by atoms with E-state index in [9.17, 15) is 0 Å². The van der Waals surface area contributed by atoms with Gasteiger partial charge in [-0.05, 0) is 32.2 Å². The van der Waals surface area contributed by atoms with Crippen LogP contribution in [0.1, 0.15) is 49.0 Å². The first-order valence-electron chi connectivity index (χ1n) is 6.77. The van der Waals surface area contributed by atoms with Crippen LogP contribution in [0.25, 0.3) is 0 Å². The molecule has 0 saturated carbocycles. The zero-order chi connectivity index (χ0) is 11.5. The molecule has 2 aliphatic heterocycles. The minimum absolute atomic E-state index is 0.529. The molecule has 0 aromatic carbocycles. The van der Waals surface area contributed by atoms with Gasteiger partial charge in [-0.15, -0.1) is 0 Å². The van der Waals surface area contributed by atoms with Crippen LogP contribution in [0.3, 0.4) is 0 Å². The third-order valence-corrected chi connectivity index (χ3v) is 3.90. The van der Waals surface area contributed by atoms with Crippen molar-refractivity contribution in [2.24, 2.45) is 0 Å². The number of H-pyrrole nitrogens is 1. The molecule has 3 rings (SSSR count). The normalized spacial score (nSPS) is 30.4. The molecule has 0 bridgehead atoms. The van der Waals surface area contributed by atoms with E-state index in [4.69, 9.17) is 4.74 Å². The topological polar surface area (TPSA) is 49.9 Å². The first-order valence-corrected chi connectivity index (χ1v) is 6.77. The molecule has 3 heterocycles. The maximum atomic E-state index is 5.53. The highest BCUT2D eigenvalue weighted by Crippen LogP contribution is 2.26. The Kier molecular flexibility index (Phi) is 3.43. The van der Waals surface area contributed by atoms with Crippen LogP contribution >= 0.6 is 0 Å². The molecule has 17 heavy (non-hydrogen) atoms. The van der Waals surface area contributed by atoms with Crippen LogP contribution in [-0.2, 0) is 4.74 Å². The molecule has 1 aromatic heterocycles. The number of aromatic nitrogens is 2. The largest absolute Gasteiger partial charge is 0.381 e. The van der Waals surface area contributed by atoms with E-state index in [0.29, 0.717) is 11.8 Å². The molecule has 0 amide bonds. The van der Waals surface area contributed by atoms with E-state index in [1.807, 2.05) is 6.20 Å². The molecule has 2 atom stereocenters. The maximum absolute atomic E-state index is 5.53. The molecule has 0 aliphatic carbocycles. The maximum Gasteiger partial charge on any atom is 0.110 e. The Morgan fingerprint density at radius 2 is 2.18 bits per heavy atom. The van der Waals surface area contributed by atoms with Gasteiger partial charge in [-0.2, -0.15) is 0 Å². The smallest absolute Gasteiger partial charge is 0.110 e. The van der Waals surface area contributed by atoms with Crippen LogP contribution in [0.2, 0.25) is 0 Å². The van der Waals surface area contributed by atoms with Gasteiger partial charge in [-0.3, -0.25) is 0 Å². The van der Waals surface area contributed by atoms with E-state index < -0.39 is 0 Å². The number of hydrogen-bond donors (Lipinski definition) is 2. The van der Waals surface area contributed by atoms with Crippen LogP contribution in [0.15, 0.2) is 6.20 Å². The molecule has 2 saturated heterocycles. The van der Waals surface area contributed by atoms with Gasteiger partial charge in [-0.1, -0.05) is 0 Å². The summed E-state index contributed by atoms with van der Waals surface area (Å²) in [6.07, 6.45) is 6.92. The zero-order valence-corrected chi connectivity index (χ0v) is 10.2. The van der Waals surface area contributed by atoms with Gasteiger partial charge in [-0.25, -0.2) is 4.98 Å². The summed E-state index contributed by atoms with van der Waals surface area (Å²) in [6.45, 7) is 3.99. The highest BCUT2D eigenvalue weighted by Gasteiger charge is 2.22. The van der Waals surface area contributed by atoms with Crippen molar-refractivity contribution in [1.82, 2.24) is 15.3 Å². The predicted molar refractivity (Wildman–Crippen MR) is 66.2 cm³/mol. The van der Waals surface area contributed by atoms with E-state index in [0.717, 1.165) is 32.1 Å². The van der Waals surface area contributed by atoms with Crippen molar-refractivity contribution in [3.05, 3.63) is 17.7 Å². The van der Waals surface area contributed by atoms with Gasteiger partial charge in [0.25, 0.3) is 0 Å². The monoisotopic (exact) mass is 235 g/mol. The van der Waals surface area contributed by atoms with E-state index in [2.05, 4.69) is 15.3 Å². The van der Waals surface area contributed by atoms with Gasteiger partial charge in [0.2, 0.25) is 0 Å². The van der Waals surface area contributed by atoms with E-state index in [-0.39, 0.29) is 0 Å². The van der Waals surface area contributed by atoms with Gasteiger partial charge in [0.15, 0.2) is 0 Å². The van der Waals surface area contributed by atoms with Crippen molar-refractivity contribution < 1.29 is 4.74 Å². The van der Waals surface area contributed by atoms with Crippen LogP contribution in [-0.4, -0.2) is 36.3 Å². The third-order valence-electron chi connectivity index (χ3n) is 3.90. The van der Waals surface area contributed by atoms with Gasteiger partial charge in [0.1, 0.15) is 5.82 Å². The molecule has 94 valence electrons. The SMILES string of the molecule is c1nc(C2CCCNC2)[nH]c1C1CCCOC1. The fraction of sp³-hybridized carbons (Fsp3) is 0.769. The van der Waals surface area contributed by atoms with Gasteiger partial charge >= 0.3 is 0 Å². The summed E-state index contributed by atoms with van der Waals surface area (Å²) in [4.78, 5) is 8.09. The predicted octanol–water partition coefficient (Wildman–Crippen LogP) is 1.77. The molecule has 4 heteroatoms. The average Bonchev–Trinajstić information content (AvgIpc) is 2.90. The van der Waals surface area contributed by atoms with Crippen molar-refractivity contribution in [2.75, 3.05) is 26.3 Å². The molecular weight excluding hydrogens is 214 g/mol. The Morgan fingerprint density at radius 3 is 2.94 bits per heavy atom. The fourth-order valence-corrected chi connectivity index (χ4v) is 2.84. The van der Waals surface area contributed by atoms with E-state index >= 15 is 0 Å². The van der Waals surface area contributed by atoms with Gasteiger partial charge < -0.3 is 15.0 Å². The van der Waals surface area contributed by atoms with Gasteiger partial charge in [0, 0.05) is 36.9 Å². The number of rotatable bonds is 2. The van der Waals surface area contributed by atoms with Crippen LogP contribution in [0.5, 0.6) is 0 Å². The molecule has 2 fully saturated rings. The fourth-order valence-electron chi connectivity index (χ4n) is 2.84. The Labute approximate surface area is 102 Å². The summed E-state index contributed by atoms with van der Waals surface area (Å²) >= 11 is 0. The third kappa shape index (κ3) is 2.53. The van der Waals surface area contributed by atoms with Gasteiger partial charge in [0.05, 0.1) is 6.61 Å². The summed E-state index contributed by atoms with van der Waals surface area (Å²) in [5.74, 6) is 2.27. The summed E-state index contributed by atoms with van der Waals surface area (Å²) in [5, 5.41) is 3.44. The Balaban J connectivity index is 1.68. The number of nitrogens with zero attached hydrogens (tertiary/aromatic N) is 1. The number of ether oxygens (including phenoxy) is 1. The lowest BCUT2D eigenvalue weighted by Crippen LogP contribution is -2.29. The second-order valence-corrected chi connectivity index (χ2v) is 5.18. The number of hydrogen-bond acceptors (Lipinski definition) is 3. The molecule has 0 radical (unpaired) electrons. The number of imidazole rings is 1. The number of aromatic amines is 1. The summed E-state index contributed by atoms with van der Waals surface area (Å²) < 4.78 is 5.53.